The standard InChI is InChI=1S/C17H15N5O4S/c1-7-4-9(15(24)22-11(7)13(23)21-17(22,2)3)20-12-8-5-10(16(25)26)27-14(8)19-6-18-12/h4-6H,1-3H3,(H,21,23)(H,25,26)(H,18,19,20). The normalized spacial score (nSPS) is 14.9. The van der Waals surface area contributed by atoms with Crippen LogP contribution >= 0.6 is 11.3 Å². The first-order valence-electron chi connectivity index (χ1n) is 8.03. The predicted octanol–water partition coefficient (Wildman–Crippen LogP) is 2.04. The van der Waals surface area contributed by atoms with E-state index in [0.717, 1.165) is 11.3 Å². The first-order valence-corrected chi connectivity index (χ1v) is 8.85. The Morgan fingerprint density at radius 1 is 1.30 bits per heavy atom. The molecule has 0 unspecified atom stereocenters. The second-order valence-electron chi connectivity index (χ2n) is 6.73. The van der Waals surface area contributed by atoms with E-state index in [1.165, 1.54) is 17.0 Å². The number of pyridine rings is 1. The lowest BCUT2D eigenvalue weighted by atomic mass is 10.1. The van der Waals surface area contributed by atoms with E-state index in [9.17, 15) is 19.5 Å². The number of anilines is 2. The Bertz CT molecular complexity index is 1190. The van der Waals surface area contributed by atoms with E-state index in [1.54, 1.807) is 26.8 Å². The van der Waals surface area contributed by atoms with Crippen LogP contribution in [-0.2, 0) is 5.66 Å². The van der Waals surface area contributed by atoms with Crippen molar-refractivity contribution in [3.8, 4) is 0 Å². The minimum absolute atomic E-state index is 0.131. The number of aromatic nitrogens is 3. The molecular formula is C17H15N5O4S. The molecule has 3 N–H and O–H groups in total. The number of aromatic carboxylic acids is 1. The molecule has 0 saturated carbocycles. The summed E-state index contributed by atoms with van der Waals surface area (Å²) in [4.78, 5) is 45.3. The molecule has 9 nitrogen and oxygen atoms in total. The van der Waals surface area contributed by atoms with Gasteiger partial charge in [-0.05, 0) is 38.5 Å². The molecule has 0 radical (unpaired) electrons. The van der Waals surface area contributed by atoms with Crippen molar-refractivity contribution in [3.63, 3.8) is 0 Å². The highest BCUT2D eigenvalue weighted by Gasteiger charge is 2.37. The van der Waals surface area contributed by atoms with Gasteiger partial charge in [0, 0.05) is 0 Å². The van der Waals surface area contributed by atoms with E-state index in [-0.39, 0.29) is 22.0 Å². The van der Waals surface area contributed by atoms with Crippen LogP contribution in [0.1, 0.15) is 39.6 Å². The number of fused-ring (bicyclic) bond motifs is 2. The molecule has 0 aromatic carbocycles. The lowest BCUT2D eigenvalue weighted by molar-refractivity contribution is 0.0702. The van der Waals surface area contributed by atoms with Gasteiger partial charge in [-0.2, -0.15) is 0 Å². The largest absolute Gasteiger partial charge is 0.477 e. The van der Waals surface area contributed by atoms with Crippen molar-refractivity contribution in [1.29, 1.82) is 0 Å². The molecule has 1 aliphatic rings. The Morgan fingerprint density at radius 3 is 2.74 bits per heavy atom. The van der Waals surface area contributed by atoms with Crippen molar-refractivity contribution >= 4 is 44.9 Å². The van der Waals surface area contributed by atoms with Crippen LogP contribution in [0.2, 0.25) is 0 Å². The third kappa shape index (κ3) is 2.56. The van der Waals surface area contributed by atoms with Crippen LogP contribution in [0.15, 0.2) is 23.3 Å². The molecule has 3 aromatic heterocycles. The summed E-state index contributed by atoms with van der Waals surface area (Å²) in [6, 6.07) is 3.06. The fourth-order valence-electron chi connectivity index (χ4n) is 3.23. The van der Waals surface area contributed by atoms with Crippen molar-refractivity contribution in [2.45, 2.75) is 26.4 Å². The number of carboxylic acid groups (broad SMARTS) is 1. The number of thiophene rings is 1. The van der Waals surface area contributed by atoms with Crippen molar-refractivity contribution in [2.24, 2.45) is 0 Å². The number of hydrogen-bond donors (Lipinski definition) is 3. The molecule has 4 heterocycles. The summed E-state index contributed by atoms with van der Waals surface area (Å²) in [6.45, 7) is 5.24. The summed E-state index contributed by atoms with van der Waals surface area (Å²) in [5.41, 5.74) is -0.0244. The zero-order chi connectivity index (χ0) is 19.5. The number of hydrogen-bond acceptors (Lipinski definition) is 7. The number of carbonyl (C=O) groups is 2. The van der Waals surface area contributed by atoms with Crippen LogP contribution in [0.25, 0.3) is 10.2 Å². The lowest BCUT2D eigenvalue weighted by Gasteiger charge is -2.22. The summed E-state index contributed by atoms with van der Waals surface area (Å²) in [5, 5.41) is 15.5. The topological polar surface area (TPSA) is 126 Å². The molecule has 3 aromatic rings. The summed E-state index contributed by atoms with van der Waals surface area (Å²) in [7, 11) is 0. The minimum atomic E-state index is -1.05. The highest BCUT2D eigenvalue weighted by atomic mass is 32.1. The average Bonchev–Trinajstić information content (AvgIpc) is 3.11. The molecule has 0 bridgehead atoms. The number of rotatable bonds is 3. The molecule has 0 atom stereocenters. The molecule has 1 aliphatic heterocycles. The van der Waals surface area contributed by atoms with Crippen molar-refractivity contribution in [2.75, 3.05) is 5.32 Å². The van der Waals surface area contributed by atoms with Gasteiger partial charge in [0.2, 0.25) is 0 Å². The molecule has 0 aliphatic carbocycles. The van der Waals surface area contributed by atoms with Gasteiger partial charge >= 0.3 is 5.97 Å². The van der Waals surface area contributed by atoms with E-state index in [0.29, 0.717) is 27.3 Å². The molecular weight excluding hydrogens is 370 g/mol. The van der Waals surface area contributed by atoms with Gasteiger partial charge in [0.05, 0.1) is 5.39 Å². The highest BCUT2D eigenvalue weighted by Crippen LogP contribution is 2.30. The molecule has 1 amide bonds. The molecule has 10 heteroatoms. The van der Waals surface area contributed by atoms with Crippen LogP contribution in [0, 0.1) is 6.92 Å². The maximum Gasteiger partial charge on any atom is 0.345 e. The van der Waals surface area contributed by atoms with E-state index in [4.69, 9.17) is 0 Å². The Labute approximate surface area is 156 Å². The quantitative estimate of drug-likeness (QED) is 0.630. The van der Waals surface area contributed by atoms with Gasteiger partial charge in [-0.3, -0.25) is 14.2 Å². The fourth-order valence-corrected chi connectivity index (χ4v) is 4.07. The Balaban J connectivity index is 1.87. The van der Waals surface area contributed by atoms with Crippen LogP contribution in [0.5, 0.6) is 0 Å². The summed E-state index contributed by atoms with van der Waals surface area (Å²) < 4.78 is 1.42. The SMILES string of the molecule is Cc1cc(Nc2ncnc3sc(C(=O)O)cc23)c(=O)n2c1C(=O)NC2(C)C. The van der Waals surface area contributed by atoms with Gasteiger partial charge in [-0.25, -0.2) is 14.8 Å². The lowest BCUT2D eigenvalue weighted by Crippen LogP contribution is -2.42. The van der Waals surface area contributed by atoms with Gasteiger partial charge in [0.25, 0.3) is 11.5 Å². The Morgan fingerprint density at radius 2 is 2.04 bits per heavy atom. The van der Waals surface area contributed by atoms with Crippen molar-refractivity contribution in [3.05, 3.63) is 44.9 Å². The summed E-state index contributed by atoms with van der Waals surface area (Å²) in [6.07, 6.45) is 1.31. The zero-order valence-corrected chi connectivity index (χ0v) is 15.5. The van der Waals surface area contributed by atoms with E-state index >= 15 is 0 Å². The number of aryl methyl sites for hydroxylation is 1. The minimum Gasteiger partial charge on any atom is -0.477 e. The summed E-state index contributed by atoms with van der Waals surface area (Å²) >= 11 is 1.03. The van der Waals surface area contributed by atoms with Gasteiger partial charge in [0.15, 0.2) is 0 Å². The number of carboxylic acids is 1. The zero-order valence-electron chi connectivity index (χ0n) is 14.7. The Hall–Kier alpha value is -3.27. The molecule has 0 spiro atoms. The number of carbonyl (C=O) groups excluding carboxylic acids is 1. The maximum absolute atomic E-state index is 13.0. The monoisotopic (exact) mass is 385 g/mol. The van der Waals surface area contributed by atoms with Crippen molar-refractivity contribution in [1.82, 2.24) is 19.9 Å². The van der Waals surface area contributed by atoms with Gasteiger partial charge in [0.1, 0.15) is 38.9 Å². The number of amides is 1. The van der Waals surface area contributed by atoms with Gasteiger partial charge in [-0.15, -0.1) is 11.3 Å². The maximum atomic E-state index is 13.0. The molecule has 138 valence electrons. The Kier molecular flexibility index (Phi) is 3.57. The summed E-state index contributed by atoms with van der Waals surface area (Å²) in [5.74, 6) is -1.02. The first kappa shape index (κ1) is 17.2. The van der Waals surface area contributed by atoms with Crippen LogP contribution in [0.4, 0.5) is 11.5 Å². The second-order valence-corrected chi connectivity index (χ2v) is 7.76. The van der Waals surface area contributed by atoms with E-state index in [1.807, 2.05) is 0 Å². The predicted molar refractivity (Wildman–Crippen MR) is 99.9 cm³/mol. The van der Waals surface area contributed by atoms with E-state index in [2.05, 4.69) is 20.6 Å². The highest BCUT2D eigenvalue weighted by molar-refractivity contribution is 7.20. The molecule has 4 rings (SSSR count). The first-order chi connectivity index (χ1) is 12.7. The number of nitrogens with one attached hydrogen (secondary N) is 2. The molecule has 0 saturated heterocycles. The van der Waals surface area contributed by atoms with Crippen LogP contribution in [-0.4, -0.2) is 31.5 Å². The third-order valence-electron chi connectivity index (χ3n) is 4.38. The van der Waals surface area contributed by atoms with Gasteiger partial charge in [-0.1, -0.05) is 0 Å². The average molecular weight is 385 g/mol. The number of nitrogens with zero attached hydrogens (tertiary/aromatic N) is 3. The van der Waals surface area contributed by atoms with Crippen molar-refractivity contribution < 1.29 is 14.7 Å². The third-order valence-corrected chi connectivity index (χ3v) is 5.41. The van der Waals surface area contributed by atoms with Crippen LogP contribution in [0.3, 0.4) is 0 Å². The second kappa shape index (κ2) is 5.61. The molecule has 27 heavy (non-hydrogen) atoms. The van der Waals surface area contributed by atoms with E-state index < -0.39 is 11.6 Å². The fraction of sp³-hybridized carbons (Fsp3) is 0.235. The van der Waals surface area contributed by atoms with Crippen LogP contribution < -0.4 is 16.2 Å². The smallest absolute Gasteiger partial charge is 0.345 e. The van der Waals surface area contributed by atoms with Gasteiger partial charge < -0.3 is 15.7 Å². The molecule has 0 fully saturated rings.